The van der Waals surface area contributed by atoms with E-state index in [4.69, 9.17) is 9.47 Å². The Balaban J connectivity index is 2.05. The second-order valence-corrected chi connectivity index (χ2v) is 7.98. The second kappa shape index (κ2) is 11.5. The first-order valence-electron chi connectivity index (χ1n) is 11.6. The van der Waals surface area contributed by atoms with Crippen LogP contribution in [0.4, 0.5) is 0 Å². The Morgan fingerprint density at radius 1 is 1.03 bits per heavy atom. The molecule has 0 aliphatic heterocycles. The van der Waals surface area contributed by atoms with Crippen LogP contribution in [0.3, 0.4) is 0 Å². The van der Waals surface area contributed by atoms with Gasteiger partial charge in [0.15, 0.2) is 6.29 Å². The van der Waals surface area contributed by atoms with E-state index < -0.39 is 5.97 Å². The Hall–Kier alpha value is -3.08. The summed E-state index contributed by atoms with van der Waals surface area (Å²) in [5.41, 5.74) is 3.92. The van der Waals surface area contributed by atoms with Crippen molar-refractivity contribution in [2.24, 2.45) is 0 Å². The van der Waals surface area contributed by atoms with Crippen molar-refractivity contribution in [1.82, 2.24) is 4.40 Å². The van der Waals surface area contributed by atoms with Crippen molar-refractivity contribution in [3.8, 4) is 16.9 Å². The van der Waals surface area contributed by atoms with Gasteiger partial charge < -0.3 is 13.9 Å². The second-order valence-electron chi connectivity index (χ2n) is 7.98. The van der Waals surface area contributed by atoms with E-state index in [1.54, 1.807) is 24.6 Å². The molecule has 2 aromatic heterocycles. The number of rotatable bonds is 12. The summed E-state index contributed by atoms with van der Waals surface area (Å²) in [5, 5.41) is 0. The number of carbonyl (C=O) groups excluding carboxylic acids is 2. The summed E-state index contributed by atoms with van der Waals surface area (Å²) in [5.74, 6) is 0.184. The van der Waals surface area contributed by atoms with Crippen molar-refractivity contribution < 1.29 is 19.1 Å². The molecule has 0 unspecified atom stereocenters. The molecular weight excluding hydrogens is 402 g/mol. The van der Waals surface area contributed by atoms with Gasteiger partial charge >= 0.3 is 5.97 Å². The lowest BCUT2D eigenvalue weighted by Crippen LogP contribution is -2.06. The van der Waals surface area contributed by atoms with Crippen LogP contribution in [0.2, 0.25) is 0 Å². The number of aromatic nitrogens is 1. The molecule has 2 heterocycles. The van der Waals surface area contributed by atoms with Crippen molar-refractivity contribution in [1.29, 1.82) is 0 Å². The number of pyridine rings is 1. The minimum Gasteiger partial charge on any atom is -0.496 e. The van der Waals surface area contributed by atoms with Gasteiger partial charge in [-0.2, -0.15) is 0 Å². The van der Waals surface area contributed by atoms with E-state index in [-0.39, 0.29) is 6.61 Å². The normalized spacial score (nSPS) is 11.0. The molecule has 0 radical (unpaired) electrons. The standard InChI is InChI=1S/C27H33NO4/c1-4-6-7-8-9-10-13-20-15-16-24(31-3)21(18-20)25-23(19-29)28-17-12-11-14-22(28)26(25)27(30)32-5-2/h11-12,14-19H,4-10,13H2,1-3H3. The molecule has 0 atom stereocenters. The molecule has 5 heteroatoms. The van der Waals surface area contributed by atoms with Crippen LogP contribution in [0.15, 0.2) is 42.6 Å². The quantitative estimate of drug-likeness (QED) is 0.185. The number of fused-ring (bicyclic) bond motifs is 1. The SMILES string of the molecule is CCCCCCCCc1ccc(OC)c(-c2c(C(=O)OCC)c3ccccn3c2C=O)c1. The summed E-state index contributed by atoms with van der Waals surface area (Å²) in [7, 11) is 1.60. The van der Waals surface area contributed by atoms with Crippen molar-refractivity contribution in [3.05, 3.63) is 59.4 Å². The van der Waals surface area contributed by atoms with Crippen LogP contribution in [0, 0.1) is 0 Å². The smallest absolute Gasteiger partial charge is 0.340 e. The van der Waals surface area contributed by atoms with E-state index in [9.17, 15) is 9.59 Å². The highest BCUT2D eigenvalue weighted by Gasteiger charge is 2.27. The molecule has 0 spiro atoms. The van der Waals surface area contributed by atoms with Gasteiger partial charge in [-0.1, -0.05) is 51.2 Å². The van der Waals surface area contributed by atoms with Gasteiger partial charge in [0.25, 0.3) is 0 Å². The minimum absolute atomic E-state index is 0.258. The zero-order chi connectivity index (χ0) is 22.9. The molecule has 170 valence electrons. The summed E-state index contributed by atoms with van der Waals surface area (Å²) in [4.78, 5) is 25.1. The fraction of sp³-hybridized carbons (Fsp3) is 0.407. The molecule has 3 rings (SSSR count). The monoisotopic (exact) mass is 435 g/mol. The summed E-state index contributed by atoms with van der Waals surface area (Å²) in [6, 6.07) is 11.6. The molecule has 0 saturated carbocycles. The topological polar surface area (TPSA) is 57.0 Å². The van der Waals surface area contributed by atoms with Crippen LogP contribution < -0.4 is 4.74 Å². The Morgan fingerprint density at radius 3 is 2.53 bits per heavy atom. The van der Waals surface area contributed by atoms with Crippen LogP contribution in [0.5, 0.6) is 5.75 Å². The zero-order valence-corrected chi connectivity index (χ0v) is 19.4. The Labute approximate surface area is 190 Å². The van der Waals surface area contributed by atoms with Crippen LogP contribution in [-0.4, -0.2) is 30.4 Å². The molecule has 32 heavy (non-hydrogen) atoms. The number of benzene rings is 1. The average molecular weight is 436 g/mol. The number of aldehydes is 1. The molecule has 0 amide bonds. The maximum Gasteiger partial charge on any atom is 0.340 e. The van der Waals surface area contributed by atoms with Gasteiger partial charge in [-0.3, -0.25) is 4.79 Å². The molecule has 5 nitrogen and oxygen atoms in total. The van der Waals surface area contributed by atoms with Crippen molar-refractivity contribution >= 4 is 17.8 Å². The highest BCUT2D eigenvalue weighted by atomic mass is 16.5. The van der Waals surface area contributed by atoms with E-state index in [1.807, 2.05) is 24.3 Å². The van der Waals surface area contributed by atoms with E-state index in [0.717, 1.165) is 24.7 Å². The van der Waals surface area contributed by atoms with Crippen LogP contribution >= 0.6 is 0 Å². The lowest BCUT2D eigenvalue weighted by molar-refractivity contribution is 0.0529. The first kappa shape index (κ1) is 23.6. The van der Waals surface area contributed by atoms with E-state index in [2.05, 4.69) is 19.1 Å². The molecular formula is C27H33NO4. The fourth-order valence-corrected chi connectivity index (χ4v) is 4.25. The molecule has 1 aromatic carbocycles. The molecule has 0 bridgehead atoms. The van der Waals surface area contributed by atoms with Crippen LogP contribution in [-0.2, 0) is 11.2 Å². The zero-order valence-electron chi connectivity index (χ0n) is 19.4. The summed E-state index contributed by atoms with van der Waals surface area (Å²) < 4.78 is 12.7. The number of aryl methyl sites for hydroxylation is 1. The minimum atomic E-state index is -0.442. The van der Waals surface area contributed by atoms with Crippen LogP contribution in [0.25, 0.3) is 16.6 Å². The molecule has 0 aliphatic rings. The number of esters is 1. The molecule has 3 aromatic rings. The first-order chi connectivity index (χ1) is 15.7. The Bertz CT molecular complexity index is 1070. The largest absolute Gasteiger partial charge is 0.496 e. The molecule has 0 fully saturated rings. The van der Waals surface area contributed by atoms with Gasteiger partial charge in [0.1, 0.15) is 5.75 Å². The predicted octanol–water partition coefficient (Wildman–Crippen LogP) is 6.51. The number of unbranched alkanes of at least 4 members (excludes halogenated alkanes) is 5. The van der Waals surface area contributed by atoms with Gasteiger partial charge in [0.05, 0.1) is 30.5 Å². The van der Waals surface area contributed by atoms with Gasteiger partial charge in [-0.25, -0.2) is 4.79 Å². The van der Waals surface area contributed by atoms with Crippen LogP contribution in [0.1, 0.15) is 78.8 Å². The van der Waals surface area contributed by atoms with E-state index >= 15 is 0 Å². The summed E-state index contributed by atoms with van der Waals surface area (Å²) in [6.07, 6.45) is 10.9. The summed E-state index contributed by atoms with van der Waals surface area (Å²) >= 11 is 0. The highest BCUT2D eigenvalue weighted by Crippen LogP contribution is 2.39. The van der Waals surface area contributed by atoms with Crippen molar-refractivity contribution in [3.63, 3.8) is 0 Å². The third kappa shape index (κ3) is 5.04. The lowest BCUT2D eigenvalue weighted by atomic mass is 9.95. The molecule has 0 N–H and O–H groups in total. The third-order valence-electron chi connectivity index (χ3n) is 5.83. The molecule has 0 aliphatic carbocycles. The predicted molar refractivity (Wildman–Crippen MR) is 128 cm³/mol. The fourth-order valence-electron chi connectivity index (χ4n) is 4.25. The van der Waals surface area contributed by atoms with Gasteiger partial charge in [-0.15, -0.1) is 0 Å². The first-order valence-corrected chi connectivity index (χ1v) is 11.6. The lowest BCUT2D eigenvalue weighted by Gasteiger charge is -2.13. The third-order valence-corrected chi connectivity index (χ3v) is 5.83. The maximum atomic E-state index is 13.0. The highest BCUT2D eigenvalue weighted by molar-refractivity contribution is 6.09. The number of methoxy groups -OCH3 is 1. The van der Waals surface area contributed by atoms with E-state index in [1.165, 1.54) is 37.7 Å². The van der Waals surface area contributed by atoms with Gasteiger partial charge in [0, 0.05) is 17.3 Å². The summed E-state index contributed by atoms with van der Waals surface area (Å²) in [6.45, 7) is 4.26. The van der Waals surface area contributed by atoms with Crippen molar-refractivity contribution in [2.75, 3.05) is 13.7 Å². The number of nitrogens with zero attached hydrogens (tertiary/aromatic N) is 1. The average Bonchev–Trinajstić information content (AvgIpc) is 3.15. The van der Waals surface area contributed by atoms with Gasteiger partial charge in [0.2, 0.25) is 0 Å². The number of ether oxygens (including phenoxy) is 2. The van der Waals surface area contributed by atoms with Gasteiger partial charge in [-0.05, 0) is 49.6 Å². The number of hydrogen-bond acceptors (Lipinski definition) is 4. The number of hydrogen-bond donors (Lipinski definition) is 0. The maximum absolute atomic E-state index is 13.0. The Kier molecular flexibility index (Phi) is 8.48. The number of carbonyl (C=O) groups is 2. The van der Waals surface area contributed by atoms with E-state index in [0.29, 0.717) is 28.1 Å². The van der Waals surface area contributed by atoms with Crippen molar-refractivity contribution in [2.45, 2.75) is 58.8 Å². The Morgan fingerprint density at radius 2 is 1.81 bits per heavy atom. The molecule has 0 saturated heterocycles.